The van der Waals surface area contributed by atoms with Gasteiger partial charge < -0.3 is 9.84 Å². The van der Waals surface area contributed by atoms with Gasteiger partial charge in [-0.2, -0.15) is 0 Å². The van der Waals surface area contributed by atoms with Crippen LogP contribution in [0.3, 0.4) is 0 Å². The van der Waals surface area contributed by atoms with E-state index < -0.39 is 6.10 Å². The Kier molecular flexibility index (Phi) is 4.17. The lowest BCUT2D eigenvalue weighted by molar-refractivity contribution is 0.212. The van der Waals surface area contributed by atoms with Gasteiger partial charge in [0, 0.05) is 5.57 Å². The predicted octanol–water partition coefficient (Wildman–Crippen LogP) is 2.85. The second-order valence-electron chi connectivity index (χ2n) is 3.23. The Morgan fingerprint density at radius 1 is 1.47 bits per heavy atom. The molecule has 1 unspecified atom stereocenters. The minimum atomic E-state index is -0.613. The Hall–Kier alpha value is -1.50. The van der Waals surface area contributed by atoms with Gasteiger partial charge in [-0.3, -0.25) is 0 Å². The molecule has 0 aliphatic carbocycles. The van der Waals surface area contributed by atoms with Gasteiger partial charge in [0.25, 0.3) is 0 Å². The number of aliphatic hydroxyl groups excluding tert-OH is 1. The maximum atomic E-state index is 9.96. The number of hydrogen-bond acceptors (Lipinski definition) is 2. The Morgan fingerprint density at radius 2 is 2.07 bits per heavy atom. The molecule has 0 aliphatic heterocycles. The third-order valence-corrected chi connectivity index (χ3v) is 2.37. The van der Waals surface area contributed by atoms with Crippen LogP contribution in [0.15, 0.2) is 42.1 Å². The first-order valence-electron chi connectivity index (χ1n) is 4.93. The maximum absolute atomic E-state index is 9.96. The summed E-state index contributed by atoms with van der Waals surface area (Å²) in [7, 11) is 1.62. The molecule has 2 nitrogen and oxygen atoms in total. The topological polar surface area (TPSA) is 29.5 Å². The summed E-state index contributed by atoms with van der Waals surface area (Å²) in [5.41, 5.74) is 4.41. The highest BCUT2D eigenvalue weighted by Crippen LogP contribution is 2.24. The molecule has 0 bridgehead atoms. The highest BCUT2D eigenvalue weighted by molar-refractivity contribution is 5.31. The molecule has 0 aliphatic rings. The van der Waals surface area contributed by atoms with Crippen molar-refractivity contribution in [3.05, 3.63) is 47.7 Å². The Morgan fingerprint density at radius 3 is 2.47 bits per heavy atom. The van der Waals surface area contributed by atoms with Crippen LogP contribution in [0.2, 0.25) is 0 Å². The summed E-state index contributed by atoms with van der Waals surface area (Å²) in [5.74, 6) is 0.784. The quantitative estimate of drug-likeness (QED) is 0.764. The molecule has 0 aromatic heterocycles. The highest BCUT2D eigenvalue weighted by atomic mass is 16.5. The molecular weight excluding hydrogens is 188 g/mol. The molecule has 0 amide bonds. The van der Waals surface area contributed by atoms with Gasteiger partial charge in [0.15, 0.2) is 0 Å². The summed E-state index contributed by atoms with van der Waals surface area (Å²) in [4.78, 5) is 0. The molecule has 0 saturated heterocycles. The van der Waals surface area contributed by atoms with Crippen molar-refractivity contribution in [1.82, 2.24) is 0 Å². The van der Waals surface area contributed by atoms with Crippen LogP contribution in [0.5, 0.6) is 5.75 Å². The van der Waals surface area contributed by atoms with Crippen molar-refractivity contribution < 1.29 is 9.84 Å². The van der Waals surface area contributed by atoms with E-state index in [2.05, 4.69) is 12.3 Å². The van der Waals surface area contributed by atoms with Crippen LogP contribution in [0.25, 0.3) is 0 Å². The first-order chi connectivity index (χ1) is 7.22. The average molecular weight is 204 g/mol. The molecule has 1 atom stereocenters. The molecule has 0 fully saturated rings. The van der Waals surface area contributed by atoms with Crippen LogP contribution < -0.4 is 4.74 Å². The smallest absolute Gasteiger partial charge is 0.118 e. The van der Waals surface area contributed by atoms with Gasteiger partial charge >= 0.3 is 0 Å². The molecule has 0 radical (unpaired) electrons. The lowest BCUT2D eigenvalue weighted by Gasteiger charge is -2.12. The fraction of sp³-hybridized carbons (Fsp3) is 0.308. The standard InChI is InChI=1S/C13H16O2/c1-4-10(5-2)13(14)11-6-8-12(15-3)9-7-11/h6-9,13-14H,1,5H2,2-3H3. The Bertz CT molecular complexity index is 359. The van der Waals surface area contributed by atoms with Gasteiger partial charge in [0.2, 0.25) is 0 Å². The monoisotopic (exact) mass is 204 g/mol. The van der Waals surface area contributed by atoms with Crippen LogP contribution in [-0.2, 0) is 0 Å². The highest BCUT2D eigenvalue weighted by Gasteiger charge is 2.10. The van der Waals surface area contributed by atoms with Gasteiger partial charge in [0.1, 0.15) is 11.9 Å². The number of benzene rings is 1. The van der Waals surface area contributed by atoms with Crippen LogP contribution in [0, 0.1) is 0 Å². The Labute approximate surface area is 90.5 Å². The van der Waals surface area contributed by atoms with E-state index in [1.54, 1.807) is 7.11 Å². The van der Waals surface area contributed by atoms with Crippen molar-refractivity contribution in [2.45, 2.75) is 19.4 Å². The minimum absolute atomic E-state index is 0.613. The fourth-order valence-electron chi connectivity index (χ4n) is 1.40. The summed E-state index contributed by atoms with van der Waals surface area (Å²) >= 11 is 0. The first kappa shape index (κ1) is 11.6. The number of methoxy groups -OCH3 is 1. The van der Waals surface area contributed by atoms with Crippen LogP contribution in [-0.4, -0.2) is 12.2 Å². The van der Waals surface area contributed by atoms with Crippen LogP contribution >= 0.6 is 0 Å². The molecule has 1 N–H and O–H groups in total. The summed E-state index contributed by atoms with van der Waals surface area (Å²) in [5, 5.41) is 9.96. The normalized spacial score (nSPS) is 11.7. The molecule has 1 rings (SSSR count). The van der Waals surface area contributed by atoms with E-state index in [9.17, 15) is 5.11 Å². The van der Waals surface area contributed by atoms with Gasteiger partial charge in [0.05, 0.1) is 7.11 Å². The Balaban J connectivity index is 2.91. The van der Waals surface area contributed by atoms with Gasteiger partial charge in [-0.25, -0.2) is 0 Å². The SMILES string of the molecule is C=C=C(CC)C(O)c1ccc(OC)cc1. The molecule has 0 heterocycles. The molecule has 1 aromatic carbocycles. The van der Waals surface area contributed by atoms with E-state index in [0.29, 0.717) is 0 Å². The third-order valence-electron chi connectivity index (χ3n) is 2.37. The minimum Gasteiger partial charge on any atom is -0.497 e. The molecule has 15 heavy (non-hydrogen) atoms. The molecular formula is C13H16O2. The zero-order valence-electron chi connectivity index (χ0n) is 9.16. The lowest BCUT2D eigenvalue weighted by atomic mass is 10.0. The van der Waals surface area contributed by atoms with Crippen molar-refractivity contribution in [1.29, 1.82) is 0 Å². The molecule has 0 spiro atoms. The lowest BCUT2D eigenvalue weighted by Crippen LogP contribution is -2.00. The number of hydrogen-bond donors (Lipinski definition) is 1. The summed E-state index contributed by atoms with van der Waals surface area (Å²) in [6, 6.07) is 7.34. The van der Waals surface area contributed by atoms with Crippen molar-refractivity contribution in [3.8, 4) is 5.75 Å². The van der Waals surface area contributed by atoms with E-state index in [1.165, 1.54) is 0 Å². The van der Waals surface area contributed by atoms with Crippen molar-refractivity contribution in [2.75, 3.05) is 7.11 Å². The first-order valence-corrected chi connectivity index (χ1v) is 4.93. The van der Waals surface area contributed by atoms with E-state index >= 15 is 0 Å². The second-order valence-corrected chi connectivity index (χ2v) is 3.23. The summed E-state index contributed by atoms with van der Waals surface area (Å²) < 4.78 is 5.05. The van der Waals surface area contributed by atoms with Crippen molar-refractivity contribution in [3.63, 3.8) is 0 Å². The van der Waals surface area contributed by atoms with E-state index in [-0.39, 0.29) is 0 Å². The van der Waals surface area contributed by atoms with Crippen LogP contribution in [0.1, 0.15) is 25.0 Å². The number of ether oxygens (including phenoxy) is 1. The number of aliphatic hydroxyl groups is 1. The summed E-state index contributed by atoms with van der Waals surface area (Å²) in [6.45, 7) is 5.54. The molecule has 2 heteroatoms. The second kappa shape index (κ2) is 5.40. The van der Waals surface area contributed by atoms with E-state index in [4.69, 9.17) is 4.74 Å². The predicted molar refractivity (Wildman–Crippen MR) is 60.9 cm³/mol. The molecule has 80 valence electrons. The van der Waals surface area contributed by atoms with Gasteiger partial charge in [-0.1, -0.05) is 25.6 Å². The molecule has 1 aromatic rings. The van der Waals surface area contributed by atoms with Crippen LogP contribution in [0.4, 0.5) is 0 Å². The number of rotatable bonds is 4. The van der Waals surface area contributed by atoms with Gasteiger partial charge in [-0.05, 0) is 24.1 Å². The zero-order chi connectivity index (χ0) is 11.3. The summed E-state index contributed by atoms with van der Waals surface area (Å²) in [6.07, 6.45) is 0.134. The largest absolute Gasteiger partial charge is 0.497 e. The van der Waals surface area contributed by atoms with E-state index in [1.807, 2.05) is 31.2 Å². The maximum Gasteiger partial charge on any atom is 0.118 e. The van der Waals surface area contributed by atoms with Gasteiger partial charge in [-0.15, -0.1) is 5.73 Å². The van der Waals surface area contributed by atoms with Crippen molar-refractivity contribution >= 4 is 0 Å². The van der Waals surface area contributed by atoms with E-state index in [0.717, 1.165) is 23.3 Å². The van der Waals surface area contributed by atoms with Crippen molar-refractivity contribution in [2.24, 2.45) is 0 Å². The average Bonchev–Trinajstić information content (AvgIpc) is 2.30. The molecule has 0 saturated carbocycles. The fourth-order valence-corrected chi connectivity index (χ4v) is 1.40. The third kappa shape index (κ3) is 2.72. The zero-order valence-corrected chi connectivity index (χ0v) is 9.16.